The molecule has 8 heteroatoms. The highest BCUT2D eigenvalue weighted by atomic mass is 16.6. The van der Waals surface area contributed by atoms with Crippen molar-refractivity contribution in [3.63, 3.8) is 0 Å². The maximum Gasteiger partial charge on any atom is 0.273 e. The number of non-ortho nitro benzene ring substituents is 1. The number of nitro groups is 1. The number of nitro benzene ring substituents is 1. The molecule has 0 aliphatic carbocycles. The number of hydrogen-bond donors (Lipinski definition) is 2. The number of carbonyl (C=O) groups is 1. The van der Waals surface area contributed by atoms with Gasteiger partial charge in [0.15, 0.2) is 0 Å². The van der Waals surface area contributed by atoms with Crippen LogP contribution in [0.25, 0.3) is 6.08 Å². The number of nitrogens with zero attached hydrogens (tertiary/aromatic N) is 2. The molecule has 132 valence electrons. The molecule has 26 heavy (non-hydrogen) atoms. The third-order valence-corrected chi connectivity index (χ3v) is 3.32. The number of amides is 1. The average Bonchev–Trinajstić information content (AvgIpc) is 2.62. The highest BCUT2D eigenvalue weighted by Gasteiger charge is 2.15. The van der Waals surface area contributed by atoms with Crippen molar-refractivity contribution >= 4 is 23.4 Å². The topological polar surface area (TPSA) is 125 Å². The summed E-state index contributed by atoms with van der Waals surface area (Å²) in [5.74, 6) is -0.712. The molecule has 2 N–H and O–H groups in total. The van der Waals surface area contributed by atoms with E-state index >= 15 is 0 Å². The van der Waals surface area contributed by atoms with Crippen molar-refractivity contribution in [1.82, 2.24) is 0 Å². The fourth-order valence-electron chi connectivity index (χ4n) is 2.12. The summed E-state index contributed by atoms with van der Waals surface area (Å²) >= 11 is 0. The Balaban J connectivity index is 2.27. The molecular weight excluding hydrogens is 338 g/mol. The largest absolute Gasteiger partial charge is 0.506 e. The van der Waals surface area contributed by atoms with E-state index in [0.29, 0.717) is 17.9 Å². The smallest absolute Gasteiger partial charge is 0.273 e. The number of para-hydroxylation sites is 1. The molecule has 0 spiro atoms. The molecule has 0 saturated heterocycles. The van der Waals surface area contributed by atoms with Crippen molar-refractivity contribution < 1.29 is 19.6 Å². The van der Waals surface area contributed by atoms with Crippen molar-refractivity contribution in [3.8, 4) is 17.6 Å². The molecule has 1 amide bonds. The summed E-state index contributed by atoms with van der Waals surface area (Å²) < 4.78 is 5.45. The number of anilines is 1. The number of phenols is 1. The quantitative estimate of drug-likeness (QED) is 0.270. The lowest BCUT2D eigenvalue weighted by Crippen LogP contribution is -2.13. The van der Waals surface area contributed by atoms with E-state index in [0.717, 1.165) is 12.1 Å². The average molecular weight is 353 g/mol. The van der Waals surface area contributed by atoms with Crippen LogP contribution in [0, 0.1) is 21.4 Å². The van der Waals surface area contributed by atoms with Crippen LogP contribution in [0.3, 0.4) is 0 Å². The molecule has 0 unspecified atom stereocenters. The number of hydrogen-bond acceptors (Lipinski definition) is 6. The fraction of sp³-hybridized carbons (Fsp3) is 0.111. The van der Waals surface area contributed by atoms with Gasteiger partial charge in [0.1, 0.15) is 23.1 Å². The van der Waals surface area contributed by atoms with E-state index in [1.54, 1.807) is 30.3 Å². The second-order valence-corrected chi connectivity index (χ2v) is 5.05. The van der Waals surface area contributed by atoms with Gasteiger partial charge in [0.05, 0.1) is 23.3 Å². The second kappa shape index (κ2) is 8.30. The van der Waals surface area contributed by atoms with E-state index in [1.807, 2.05) is 6.92 Å². The number of benzene rings is 2. The molecule has 8 nitrogen and oxygen atoms in total. The minimum Gasteiger partial charge on any atom is -0.506 e. The Morgan fingerprint density at radius 3 is 2.73 bits per heavy atom. The first-order chi connectivity index (χ1) is 12.5. The number of ether oxygens (including phenoxy) is 1. The summed E-state index contributed by atoms with van der Waals surface area (Å²) in [4.78, 5) is 22.3. The molecule has 0 bridgehead atoms. The molecule has 2 aromatic carbocycles. The molecule has 0 fully saturated rings. The van der Waals surface area contributed by atoms with Gasteiger partial charge in [-0.15, -0.1) is 0 Å². The Bertz CT molecular complexity index is 915. The van der Waals surface area contributed by atoms with E-state index in [9.17, 15) is 25.3 Å². The summed E-state index contributed by atoms with van der Waals surface area (Å²) in [5, 5.41) is 32.1. The van der Waals surface area contributed by atoms with Crippen molar-refractivity contribution in [3.05, 3.63) is 63.7 Å². The number of nitriles is 1. The number of phenolic OH excluding ortho intramolecular Hbond substituents is 1. The van der Waals surface area contributed by atoms with Crippen LogP contribution in [0.1, 0.15) is 12.5 Å². The first-order valence-corrected chi connectivity index (χ1v) is 7.58. The van der Waals surface area contributed by atoms with Gasteiger partial charge < -0.3 is 15.2 Å². The Labute approximate surface area is 149 Å². The molecule has 0 radical (unpaired) electrons. The Hall–Kier alpha value is -3.86. The number of carbonyl (C=O) groups excluding carboxylic acids is 1. The van der Waals surface area contributed by atoms with Crippen LogP contribution in [0.5, 0.6) is 11.5 Å². The zero-order valence-corrected chi connectivity index (χ0v) is 13.8. The Morgan fingerprint density at radius 2 is 2.12 bits per heavy atom. The van der Waals surface area contributed by atoms with Gasteiger partial charge >= 0.3 is 0 Å². The molecular formula is C18H15N3O5. The van der Waals surface area contributed by atoms with Crippen LogP contribution in [0.2, 0.25) is 0 Å². The van der Waals surface area contributed by atoms with Crippen LogP contribution in [0.15, 0.2) is 48.0 Å². The molecule has 0 aromatic heterocycles. The van der Waals surface area contributed by atoms with Gasteiger partial charge in [-0.25, -0.2) is 0 Å². The summed E-state index contributed by atoms with van der Waals surface area (Å²) in [6.07, 6.45) is 1.36. The van der Waals surface area contributed by atoms with Crippen LogP contribution in [-0.2, 0) is 4.79 Å². The molecule has 2 aromatic rings. The third kappa shape index (κ3) is 4.36. The molecule has 2 rings (SSSR count). The fourth-order valence-corrected chi connectivity index (χ4v) is 2.12. The molecule has 0 atom stereocenters. The Kier molecular flexibility index (Phi) is 5.90. The maximum atomic E-state index is 12.3. The SMILES string of the molecule is CCOc1ccccc1C=C(C#N)C(=O)Nc1ccc([N+](=O)[O-])cc1O. The lowest BCUT2D eigenvalue weighted by Gasteiger charge is -2.08. The van der Waals surface area contributed by atoms with Crippen molar-refractivity contribution in [1.29, 1.82) is 5.26 Å². The Morgan fingerprint density at radius 1 is 1.38 bits per heavy atom. The number of nitrogens with one attached hydrogen (secondary N) is 1. The van der Waals surface area contributed by atoms with Gasteiger partial charge in [0.2, 0.25) is 0 Å². The van der Waals surface area contributed by atoms with E-state index in [1.165, 1.54) is 12.1 Å². The maximum absolute atomic E-state index is 12.3. The van der Waals surface area contributed by atoms with Gasteiger partial charge in [-0.3, -0.25) is 14.9 Å². The molecule has 0 aliphatic heterocycles. The van der Waals surface area contributed by atoms with Gasteiger partial charge in [0.25, 0.3) is 11.6 Å². The standard InChI is InChI=1S/C18H15N3O5/c1-2-26-17-6-4-3-5-12(17)9-13(11-19)18(23)20-15-8-7-14(21(24)25)10-16(15)22/h3-10,22H,2H2,1H3,(H,20,23). The van der Waals surface area contributed by atoms with Crippen molar-refractivity contribution in [2.45, 2.75) is 6.92 Å². The zero-order chi connectivity index (χ0) is 19.1. The van der Waals surface area contributed by atoms with Gasteiger partial charge in [-0.2, -0.15) is 5.26 Å². The minimum absolute atomic E-state index is 0.0418. The summed E-state index contributed by atoms with van der Waals surface area (Å²) in [5.41, 5.74) is -0.0223. The van der Waals surface area contributed by atoms with Gasteiger partial charge in [-0.05, 0) is 25.1 Å². The van der Waals surface area contributed by atoms with Crippen LogP contribution >= 0.6 is 0 Å². The van der Waals surface area contributed by atoms with E-state index in [2.05, 4.69) is 5.32 Å². The second-order valence-electron chi connectivity index (χ2n) is 5.05. The normalized spacial score (nSPS) is 10.7. The van der Waals surface area contributed by atoms with Crippen molar-refractivity contribution in [2.75, 3.05) is 11.9 Å². The number of rotatable bonds is 6. The predicted molar refractivity (Wildman–Crippen MR) is 94.6 cm³/mol. The van der Waals surface area contributed by atoms with Gasteiger partial charge in [0, 0.05) is 11.6 Å². The van der Waals surface area contributed by atoms with Gasteiger partial charge in [-0.1, -0.05) is 18.2 Å². The highest BCUT2D eigenvalue weighted by molar-refractivity contribution is 6.10. The van der Waals surface area contributed by atoms with Crippen LogP contribution in [-0.4, -0.2) is 22.5 Å². The highest BCUT2D eigenvalue weighted by Crippen LogP contribution is 2.28. The first-order valence-electron chi connectivity index (χ1n) is 7.58. The summed E-state index contributed by atoms with van der Waals surface area (Å²) in [6, 6.07) is 11.9. The predicted octanol–water partition coefficient (Wildman–Crippen LogP) is 3.24. The van der Waals surface area contributed by atoms with E-state index in [-0.39, 0.29) is 16.9 Å². The lowest BCUT2D eigenvalue weighted by atomic mass is 10.1. The monoisotopic (exact) mass is 353 g/mol. The molecule has 0 saturated carbocycles. The summed E-state index contributed by atoms with van der Waals surface area (Å²) in [6.45, 7) is 2.24. The van der Waals surface area contributed by atoms with E-state index in [4.69, 9.17) is 4.74 Å². The van der Waals surface area contributed by atoms with Crippen LogP contribution in [0.4, 0.5) is 11.4 Å². The first kappa shape index (κ1) is 18.5. The van der Waals surface area contributed by atoms with Crippen LogP contribution < -0.4 is 10.1 Å². The zero-order valence-electron chi connectivity index (χ0n) is 13.8. The molecule has 0 heterocycles. The summed E-state index contributed by atoms with van der Waals surface area (Å²) in [7, 11) is 0. The molecule has 0 aliphatic rings. The van der Waals surface area contributed by atoms with Crippen molar-refractivity contribution in [2.24, 2.45) is 0 Å². The minimum atomic E-state index is -0.761. The lowest BCUT2D eigenvalue weighted by molar-refractivity contribution is -0.384. The third-order valence-electron chi connectivity index (χ3n) is 3.32. The number of aromatic hydroxyl groups is 1. The van der Waals surface area contributed by atoms with E-state index < -0.39 is 16.6 Å².